The highest BCUT2D eigenvalue weighted by Crippen LogP contribution is 2.15. The van der Waals surface area contributed by atoms with E-state index in [1.807, 2.05) is 0 Å². The maximum atomic E-state index is 11.1. The van der Waals surface area contributed by atoms with Crippen LogP contribution in [0.2, 0.25) is 5.28 Å². The summed E-state index contributed by atoms with van der Waals surface area (Å²) < 4.78 is 21.0. The molecule has 0 saturated carbocycles. The molecule has 18 heavy (non-hydrogen) atoms. The lowest BCUT2D eigenvalue weighted by Gasteiger charge is -2.23. The number of ether oxygens (including phenoxy) is 3. The van der Waals surface area contributed by atoms with Gasteiger partial charge in [0.05, 0.1) is 26.4 Å². The summed E-state index contributed by atoms with van der Waals surface area (Å²) in [5.74, 6) is -0.912. The summed E-state index contributed by atoms with van der Waals surface area (Å²) >= 11 is -1.77. The Balaban J connectivity index is 2.19. The van der Waals surface area contributed by atoms with Gasteiger partial charge < -0.3 is 23.1 Å². The summed E-state index contributed by atoms with van der Waals surface area (Å²) in [6.07, 6.45) is 2.07. The summed E-state index contributed by atoms with van der Waals surface area (Å²) in [4.78, 5) is 10.4. The Bertz CT molecular complexity index is 232. The van der Waals surface area contributed by atoms with Gasteiger partial charge in [-0.1, -0.05) is 11.7 Å². The van der Waals surface area contributed by atoms with Crippen LogP contribution in [0.5, 0.6) is 0 Å². The first-order chi connectivity index (χ1) is 8.75. The van der Waals surface area contributed by atoms with Crippen LogP contribution >= 0.6 is 0 Å². The zero-order chi connectivity index (χ0) is 13.2. The molecule has 0 amide bonds. The Morgan fingerprint density at radius 2 is 2.11 bits per heavy atom. The van der Waals surface area contributed by atoms with Crippen LogP contribution in [0, 0.1) is 0 Å². The molecular weight excluding hydrogens is 255 g/mol. The second-order valence-corrected chi connectivity index (χ2v) is 6.73. The molecule has 0 radical (unpaired) electrons. The monoisotopic (exact) mass is 276 g/mol. The number of methoxy groups -OCH3 is 1. The molecule has 0 bridgehead atoms. The molecule has 1 fully saturated rings. The van der Waals surface area contributed by atoms with E-state index in [1.54, 1.807) is 7.11 Å². The molecular formula is C11H21AlO6. The maximum absolute atomic E-state index is 11.1. The summed E-state index contributed by atoms with van der Waals surface area (Å²) in [5, 5.41) is 10.0. The fourth-order valence-electron chi connectivity index (χ4n) is 1.82. The molecule has 0 aromatic rings. The Morgan fingerprint density at radius 3 is 2.72 bits per heavy atom. The molecule has 104 valence electrons. The van der Waals surface area contributed by atoms with E-state index in [0.717, 1.165) is 18.1 Å². The number of carboxylic acids is 1. The molecule has 0 aliphatic carbocycles. The topological polar surface area (TPSA) is 74.2 Å². The standard InChI is InChI=1S/C7H13O5.C4H8O.Al/c1-10-2-3-11-4-5-12-6-7(8)9;1-2-3-4-5;/h6H,2-5H2,1H3,(H,8,9);1-4H2;/q;-1;+1. The molecule has 1 saturated heterocycles. The minimum atomic E-state index is -1.77. The van der Waals surface area contributed by atoms with Crippen LogP contribution < -0.4 is 0 Å². The summed E-state index contributed by atoms with van der Waals surface area (Å²) in [6, 6.07) is 0. The lowest BCUT2D eigenvalue weighted by molar-refractivity contribution is -0.146. The number of rotatable bonds is 9. The molecule has 0 aromatic carbocycles. The van der Waals surface area contributed by atoms with Gasteiger partial charge in [-0.3, -0.25) is 4.79 Å². The Morgan fingerprint density at radius 1 is 1.33 bits per heavy atom. The van der Waals surface area contributed by atoms with Gasteiger partial charge >= 0.3 is 20.5 Å². The molecule has 7 heteroatoms. The number of carbonyl (C=O) groups is 1. The third-order valence-electron chi connectivity index (χ3n) is 2.75. The first kappa shape index (κ1) is 15.9. The van der Waals surface area contributed by atoms with E-state index in [2.05, 4.69) is 0 Å². The number of aliphatic carboxylic acids is 1. The van der Waals surface area contributed by atoms with Gasteiger partial charge in [-0.05, 0) is 6.42 Å². The van der Waals surface area contributed by atoms with Crippen LogP contribution in [0.4, 0.5) is 0 Å². The van der Waals surface area contributed by atoms with Crippen molar-refractivity contribution >= 4 is 20.5 Å². The van der Waals surface area contributed by atoms with Crippen molar-refractivity contribution in [2.24, 2.45) is 0 Å². The van der Waals surface area contributed by atoms with Crippen molar-refractivity contribution in [3.8, 4) is 0 Å². The van der Waals surface area contributed by atoms with Gasteiger partial charge in [-0.25, -0.2) is 0 Å². The molecule has 1 aliphatic rings. The largest absolute Gasteiger partial charge is 0.509 e. The van der Waals surface area contributed by atoms with Gasteiger partial charge in [0, 0.05) is 13.7 Å². The van der Waals surface area contributed by atoms with Crippen LogP contribution in [0.3, 0.4) is 0 Å². The number of hydrogen-bond donors (Lipinski definition) is 1. The molecule has 1 unspecified atom stereocenters. The Kier molecular flexibility index (Phi) is 8.59. The predicted octanol–water partition coefficient (Wildman–Crippen LogP) is 0.460. The van der Waals surface area contributed by atoms with Crippen molar-refractivity contribution in [3.05, 3.63) is 0 Å². The van der Waals surface area contributed by atoms with Gasteiger partial charge in [0.15, 0.2) is 0 Å². The quantitative estimate of drug-likeness (QED) is 0.487. The molecule has 1 atom stereocenters. The van der Waals surface area contributed by atoms with Crippen molar-refractivity contribution in [3.63, 3.8) is 0 Å². The first-order valence-electron chi connectivity index (χ1n) is 6.28. The van der Waals surface area contributed by atoms with E-state index in [9.17, 15) is 4.79 Å². The van der Waals surface area contributed by atoms with Crippen molar-refractivity contribution in [2.75, 3.05) is 40.1 Å². The van der Waals surface area contributed by atoms with Gasteiger partial charge in [0.2, 0.25) is 0 Å². The van der Waals surface area contributed by atoms with Gasteiger partial charge in [0.25, 0.3) is 0 Å². The molecule has 1 aliphatic heterocycles. The highest BCUT2D eigenvalue weighted by Gasteiger charge is 2.39. The van der Waals surface area contributed by atoms with E-state index >= 15 is 0 Å². The molecule has 1 N–H and O–H groups in total. The highest BCUT2D eigenvalue weighted by atomic mass is 27.2. The van der Waals surface area contributed by atoms with E-state index in [1.165, 1.54) is 0 Å². The van der Waals surface area contributed by atoms with E-state index in [-0.39, 0.29) is 6.61 Å². The Hall–Kier alpha value is -0.158. The zero-order valence-corrected chi connectivity index (χ0v) is 12.0. The average Bonchev–Trinajstić information content (AvgIpc) is 2.38. The fourth-order valence-corrected chi connectivity index (χ4v) is 4.29. The van der Waals surface area contributed by atoms with Crippen molar-refractivity contribution in [2.45, 2.75) is 23.1 Å². The average molecular weight is 276 g/mol. The summed E-state index contributed by atoms with van der Waals surface area (Å²) in [7, 11) is 1.60. The van der Waals surface area contributed by atoms with Crippen LogP contribution in [-0.2, 0) is 22.8 Å². The lowest BCUT2D eigenvalue weighted by atomic mass is 10.4. The first-order valence-corrected chi connectivity index (χ1v) is 8.24. The van der Waals surface area contributed by atoms with Gasteiger partial charge in [0.1, 0.15) is 4.97 Å². The molecule has 0 spiro atoms. The maximum Gasteiger partial charge on any atom is 0.509 e. The van der Waals surface area contributed by atoms with E-state index in [4.69, 9.17) is 23.1 Å². The van der Waals surface area contributed by atoms with E-state index in [0.29, 0.717) is 26.4 Å². The van der Waals surface area contributed by atoms with Crippen molar-refractivity contribution in [1.82, 2.24) is 0 Å². The van der Waals surface area contributed by atoms with Crippen LogP contribution in [-0.4, -0.2) is 70.7 Å². The number of carboxylic acid groups (broad SMARTS) is 1. The molecule has 1 heterocycles. The molecule has 1 rings (SSSR count). The van der Waals surface area contributed by atoms with E-state index < -0.39 is 25.4 Å². The third-order valence-corrected chi connectivity index (χ3v) is 5.55. The minimum absolute atomic E-state index is 0.285. The van der Waals surface area contributed by atoms with Crippen LogP contribution in [0.25, 0.3) is 0 Å². The molecule has 6 nitrogen and oxygen atoms in total. The normalized spacial score (nSPS) is 17.7. The third kappa shape index (κ3) is 6.14. The highest BCUT2D eigenvalue weighted by molar-refractivity contribution is 6.57. The van der Waals surface area contributed by atoms with Gasteiger partial charge in [-0.15, -0.1) is 0 Å². The van der Waals surface area contributed by atoms with Gasteiger partial charge in [-0.2, -0.15) is 0 Å². The number of hydrogen-bond acceptors (Lipinski definition) is 5. The molecule has 0 aromatic heterocycles. The summed E-state index contributed by atoms with van der Waals surface area (Å²) in [6.45, 7) is 2.37. The second-order valence-electron chi connectivity index (χ2n) is 4.14. The summed E-state index contributed by atoms with van der Waals surface area (Å²) in [5.41, 5.74) is 0. The Labute approximate surface area is 112 Å². The van der Waals surface area contributed by atoms with Crippen molar-refractivity contribution in [1.29, 1.82) is 0 Å². The predicted molar refractivity (Wildman–Crippen MR) is 65.8 cm³/mol. The smallest absolute Gasteiger partial charge is 0.499 e. The van der Waals surface area contributed by atoms with Crippen LogP contribution in [0.1, 0.15) is 12.8 Å². The second kappa shape index (κ2) is 9.73. The van der Waals surface area contributed by atoms with Crippen LogP contribution in [0.15, 0.2) is 0 Å². The lowest BCUT2D eigenvalue weighted by Crippen LogP contribution is -2.44. The fraction of sp³-hybridized carbons (Fsp3) is 0.909. The van der Waals surface area contributed by atoms with Crippen molar-refractivity contribution < 1.29 is 27.9 Å². The SMILES string of the molecule is COCCOCCO[CH](C(=O)O)[Al]1[CH2]CCC[O]1. The zero-order valence-electron chi connectivity index (χ0n) is 10.8. The minimum Gasteiger partial charge on any atom is -0.499 e.